The Labute approximate surface area is 113 Å². The van der Waals surface area contributed by atoms with Crippen LogP contribution >= 0.6 is 23.2 Å². The van der Waals surface area contributed by atoms with E-state index in [9.17, 15) is 0 Å². The van der Waals surface area contributed by atoms with Crippen molar-refractivity contribution in [3.63, 3.8) is 0 Å². The van der Waals surface area contributed by atoms with Crippen LogP contribution in [0.1, 0.15) is 26.3 Å². The van der Waals surface area contributed by atoms with Gasteiger partial charge in [-0.1, -0.05) is 50.0 Å². The summed E-state index contributed by atoms with van der Waals surface area (Å²) in [6.45, 7) is 13.3. The SMILES string of the molecule is [C-]#[N+]C(C=Cc1ccc(Cl)cc1Cl)C(C)(C)C. The van der Waals surface area contributed by atoms with Gasteiger partial charge in [-0.3, -0.25) is 0 Å². The van der Waals surface area contributed by atoms with Crippen molar-refractivity contribution in [2.24, 2.45) is 5.41 Å². The molecule has 1 rings (SSSR count). The van der Waals surface area contributed by atoms with Crippen molar-refractivity contribution in [1.82, 2.24) is 0 Å². The van der Waals surface area contributed by atoms with Gasteiger partial charge in [0.25, 0.3) is 0 Å². The van der Waals surface area contributed by atoms with E-state index in [0.717, 1.165) is 5.56 Å². The van der Waals surface area contributed by atoms with Crippen molar-refractivity contribution in [2.75, 3.05) is 0 Å². The van der Waals surface area contributed by atoms with E-state index < -0.39 is 0 Å². The maximum Gasteiger partial charge on any atom is 0.246 e. The molecule has 0 aliphatic heterocycles. The Bertz CT molecular complexity index is 464. The highest BCUT2D eigenvalue weighted by Gasteiger charge is 2.26. The highest BCUT2D eigenvalue weighted by atomic mass is 35.5. The highest BCUT2D eigenvalue weighted by Crippen LogP contribution is 2.26. The zero-order valence-corrected chi connectivity index (χ0v) is 11.7. The van der Waals surface area contributed by atoms with Gasteiger partial charge in [-0.25, -0.2) is 6.57 Å². The summed E-state index contributed by atoms with van der Waals surface area (Å²) in [6.07, 6.45) is 3.77. The normalized spacial score (nSPS) is 13.6. The van der Waals surface area contributed by atoms with Gasteiger partial charge in [0.15, 0.2) is 0 Å². The van der Waals surface area contributed by atoms with E-state index in [1.807, 2.05) is 39.0 Å². The standard InChI is InChI=1S/C14H15Cl2N/c1-14(2,3)13(17-4)8-6-10-5-7-11(15)9-12(10)16/h5-9,13H,1-3H3. The molecule has 0 N–H and O–H groups in total. The van der Waals surface area contributed by atoms with Crippen LogP contribution in [0.15, 0.2) is 24.3 Å². The lowest BCUT2D eigenvalue weighted by Crippen LogP contribution is -2.20. The lowest BCUT2D eigenvalue weighted by atomic mass is 9.87. The Hall–Kier alpha value is -0.970. The molecule has 0 heterocycles. The molecule has 0 saturated carbocycles. The van der Waals surface area contributed by atoms with Crippen LogP contribution in [0.25, 0.3) is 10.9 Å². The molecule has 0 aliphatic rings. The monoisotopic (exact) mass is 267 g/mol. The van der Waals surface area contributed by atoms with Gasteiger partial charge >= 0.3 is 0 Å². The summed E-state index contributed by atoms with van der Waals surface area (Å²) in [5.41, 5.74) is 0.811. The fourth-order valence-electron chi connectivity index (χ4n) is 1.36. The first-order chi connectivity index (χ1) is 7.84. The van der Waals surface area contributed by atoms with E-state index in [4.69, 9.17) is 29.8 Å². The van der Waals surface area contributed by atoms with Gasteiger partial charge in [0.05, 0.1) is 0 Å². The largest absolute Gasteiger partial charge is 0.309 e. The number of hydrogen-bond acceptors (Lipinski definition) is 0. The second-order valence-electron chi connectivity index (χ2n) is 4.96. The van der Waals surface area contributed by atoms with E-state index in [-0.39, 0.29) is 11.5 Å². The average Bonchev–Trinajstić information content (AvgIpc) is 2.19. The highest BCUT2D eigenvalue weighted by molar-refractivity contribution is 6.35. The van der Waals surface area contributed by atoms with Gasteiger partial charge in [-0.2, -0.15) is 0 Å². The van der Waals surface area contributed by atoms with Crippen LogP contribution < -0.4 is 0 Å². The molecule has 0 aliphatic carbocycles. The molecule has 0 bridgehead atoms. The summed E-state index contributed by atoms with van der Waals surface area (Å²) in [5, 5.41) is 1.22. The topological polar surface area (TPSA) is 4.36 Å². The molecule has 0 fully saturated rings. The Balaban J connectivity index is 2.94. The maximum absolute atomic E-state index is 7.19. The second-order valence-corrected chi connectivity index (χ2v) is 5.81. The third-order valence-electron chi connectivity index (χ3n) is 2.45. The zero-order valence-electron chi connectivity index (χ0n) is 10.2. The number of benzene rings is 1. The van der Waals surface area contributed by atoms with Gasteiger partial charge < -0.3 is 4.85 Å². The van der Waals surface area contributed by atoms with Crippen molar-refractivity contribution in [3.05, 3.63) is 51.3 Å². The van der Waals surface area contributed by atoms with Gasteiger partial charge in [-0.15, -0.1) is 0 Å². The third-order valence-corrected chi connectivity index (χ3v) is 3.01. The first-order valence-electron chi connectivity index (χ1n) is 5.34. The Kier molecular flexibility index (Phi) is 4.62. The molecule has 17 heavy (non-hydrogen) atoms. The minimum Gasteiger partial charge on any atom is -0.309 e. The molecule has 1 aromatic carbocycles. The van der Waals surface area contributed by atoms with E-state index in [2.05, 4.69) is 4.85 Å². The van der Waals surface area contributed by atoms with Gasteiger partial charge in [0.2, 0.25) is 6.04 Å². The molecule has 1 atom stereocenters. The third kappa shape index (κ3) is 4.07. The lowest BCUT2D eigenvalue weighted by molar-refractivity contribution is 0.400. The number of rotatable bonds is 2. The number of hydrogen-bond donors (Lipinski definition) is 0. The summed E-state index contributed by atoms with van der Waals surface area (Å²) in [7, 11) is 0. The van der Waals surface area contributed by atoms with E-state index in [1.54, 1.807) is 12.1 Å². The predicted octanol–water partition coefficient (Wildman–Crippen LogP) is 5.34. The molecule has 3 heteroatoms. The van der Waals surface area contributed by atoms with Crippen LogP contribution in [-0.4, -0.2) is 6.04 Å². The molecular formula is C14H15Cl2N. The van der Waals surface area contributed by atoms with Crippen molar-refractivity contribution in [2.45, 2.75) is 26.8 Å². The predicted molar refractivity (Wildman–Crippen MR) is 75.3 cm³/mol. The summed E-state index contributed by atoms with van der Waals surface area (Å²) in [5.74, 6) is 0. The molecule has 90 valence electrons. The average molecular weight is 268 g/mol. The van der Waals surface area contributed by atoms with Crippen molar-refractivity contribution < 1.29 is 0 Å². The van der Waals surface area contributed by atoms with Gasteiger partial charge in [-0.05, 0) is 29.8 Å². The second kappa shape index (κ2) is 5.58. The van der Waals surface area contributed by atoms with Gasteiger partial charge in [0.1, 0.15) is 0 Å². The van der Waals surface area contributed by atoms with Crippen molar-refractivity contribution in [3.8, 4) is 0 Å². The van der Waals surface area contributed by atoms with Crippen molar-refractivity contribution in [1.29, 1.82) is 0 Å². The lowest BCUT2D eigenvalue weighted by Gasteiger charge is -2.17. The van der Waals surface area contributed by atoms with Crippen LogP contribution in [0.3, 0.4) is 0 Å². The first-order valence-corrected chi connectivity index (χ1v) is 6.10. The molecule has 1 aromatic rings. The fraction of sp³-hybridized carbons (Fsp3) is 0.357. The summed E-state index contributed by atoms with van der Waals surface area (Å²) in [6, 6.07) is 5.18. The molecule has 0 saturated heterocycles. The van der Waals surface area contributed by atoms with E-state index in [0.29, 0.717) is 10.0 Å². The zero-order chi connectivity index (χ0) is 13.1. The van der Waals surface area contributed by atoms with Crippen LogP contribution in [0.4, 0.5) is 0 Å². The molecule has 0 radical (unpaired) electrons. The Morgan fingerprint density at radius 3 is 2.41 bits per heavy atom. The first kappa shape index (κ1) is 14.1. The quantitative estimate of drug-likeness (QED) is 0.637. The smallest absolute Gasteiger partial charge is 0.246 e. The van der Waals surface area contributed by atoms with Crippen LogP contribution in [0.2, 0.25) is 10.0 Å². The summed E-state index contributed by atoms with van der Waals surface area (Å²) < 4.78 is 0. The molecule has 1 nitrogen and oxygen atoms in total. The van der Waals surface area contributed by atoms with Crippen LogP contribution in [0.5, 0.6) is 0 Å². The fourth-order valence-corrected chi connectivity index (χ4v) is 1.83. The summed E-state index contributed by atoms with van der Waals surface area (Å²) in [4.78, 5) is 3.62. The molecular weight excluding hydrogens is 253 g/mol. The molecule has 1 unspecified atom stereocenters. The van der Waals surface area contributed by atoms with E-state index >= 15 is 0 Å². The molecule has 0 spiro atoms. The van der Waals surface area contributed by atoms with E-state index in [1.165, 1.54) is 0 Å². The molecule has 0 aromatic heterocycles. The van der Waals surface area contributed by atoms with Crippen LogP contribution in [-0.2, 0) is 0 Å². The minimum atomic E-state index is -0.158. The Morgan fingerprint density at radius 2 is 1.94 bits per heavy atom. The number of halogens is 2. The maximum atomic E-state index is 7.19. The number of nitrogens with zero attached hydrogens (tertiary/aromatic N) is 1. The van der Waals surface area contributed by atoms with Crippen molar-refractivity contribution >= 4 is 29.3 Å². The molecule has 0 amide bonds. The Morgan fingerprint density at radius 1 is 1.29 bits per heavy atom. The minimum absolute atomic E-state index is 0.0723. The summed E-state index contributed by atoms with van der Waals surface area (Å²) >= 11 is 11.9. The van der Waals surface area contributed by atoms with Crippen LogP contribution in [0, 0.1) is 12.0 Å². The van der Waals surface area contributed by atoms with Gasteiger partial charge in [0, 0.05) is 15.5 Å².